The molecule has 3 aliphatic heterocycles. The van der Waals surface area contributed by atoms with E-state index in [1.807, 2.05) is 52.3 Å². The highest BCUT2D eigenvalue weighted by molar-refractivity contribution is 6.01. The van der Waals surface area contributed by atoms with Gasteiger partial charge in [0.1, 0.15) is 0 Å². The number of hydrogen-bond acceptors (Lipinski definition) is 6. The summed E-state index contributed by atoms with van der Waals surface area (Å²) < 4.78 is 11.1. The Hall–Kier alpha value is -3.59. The van der Waals surface area contributed by atoms with Crippen LogP contribution in [0.2, 0.25) is 0 Å². The minimum absolute atomic E-state index is 0.0244. The van der Waals surface area contributed by atoms with E-state index in [9.17, 15) is 19.5 Å². The number of anilines is 1. The average Bonchev–Trinajstić information content (AvgIpc) is 3.66. The average molecular weight is 564 g/mol. The van der Waals surface area contributed by atoms with Crippen molar-refractivity contribution in [3.63, 3.8) is 0 Å². The number of nitrogens with zero attached hydrogens (tertiary/aromatic N) is 3. The van der Waals surface area contributed by atoms with Gasteiger partial charge in [0.15, 0.2) is 11.5 Å². The summed E-state index contributed by atoms with van der Waals surface area (Å²) in [5.41, 5.74) is 2.74. The SMILES string of the molecule is CCCCN(CCCC)C(=O)CN1C[C@H](c2ccc3c(c2)OCO3)C(C(=O)O)[C@@H]1CCN1C(=O)Cc2ccccc21. The summed E-state index contributed by atoms with van der Waals surface area (Å²) >= 11 is 0. The normalized spacial score (nSPS) is 21.4. The van der Waals surface area contributed by atoms with Crippen molar-refractivity contribution in [3.8, 4) is 11.5 Å². The predicted octanol–water partition coefficient (Wildman–Crippen LogP) is 4.29. The summed E-state index contributed by atoms with van der Waals surface area (Å²) in [6.07, 6.45) is 4.69. The van der Waals surface area contributed by atoms with E-state index in [0.717, 1.165) is 42.5 Å². The zero-order valence-electron chi connectivity index (χ0n) is 24.1. The number of benzene rings is 2. The second kappa shape index (κ2) is 12.9. The minimum atomic E-state index is -0.894. The number of carboxylic acids is 1. The number of para-hydroxylation sites is 1. The van der Waals surface area contributed by atoms with Gasteiger partial charge in [0.05, 0.1) is 18.9 Å². The fourth-order valence-corrected chi connectivity index (χ4v) is 6.49. The lowest BCUT2D eigenvalue weighted by atomic mass is 9.84. The van der Waals surface area contributed by atoms with Crippen molar-refractivity contribution in [2.75, 3.05) is 44.4 Å². The third-order valence-corrected chi connectivity index (χ3v) is 8.69. The molecule has 9 heteroatoms. The molecule has 0 spiro atoms. The molecule has 1 unspecified atom stereocenters. The van der Waals surface area contributed by atoms with Gasteiger partial charge < -0.3 is 24.4 Å². The largest absolute Gasteiger partial charge is 0.481 e. The van der Waals surface area contributed by atoms with Gasteiger partial charge in [-0.15, -0.1) is 0 Å². The lowest BCUT2D eigenvalue weighted by Gasteiger charge is -2.31. The minimum Gasteiger partial charge on any atom is -0.481 e. The Morgan fingerprint density at radius 1 is 1.02 bits per heavy atom. The fraction of sp³-hybridized carbons (Fsp3) is 0.531. The molecule has 0 aromatic heterocycles. The van der Waals surface area contributed by atoms with E-state index >= 15 is 0 Å². The van der Waals surface area contributed by atoms with Crippen molar-refractivity contribution < 1.29 is 29.0 Å². The molecule has 2 amide bonds. The zero-order chi connectivity index (χ0) is 28.9. The molecule has 3 heterocycles. The molecule has 9 nitrogen and oxygen atoms in total. The molecule has 2 aromatic rings. The summed E-state index contributed by atoms with van der Waals surface area (Å²) in [6, 6.07) is 13.0. The second-order valence-corrected chi connectivity index (χ2v) is 11.3. The maximum atomic E-state index is 13.6. The van der Waals surface area contributed by atoms with E-state index in [1.165, 1.54) is 0 Å². The van der Waals surface area contributed by atoms with Gasteiger partial charge in [-0.05, 0) is 48.6 Å². The van der Waals surface area contributed by atoms with Crippen LogP contribution in [0.1, 0.15) is 63.0 Å². The third-order valence-electron chi connectivity index (χ3n) is 8.69. The molecule has 1 N–H and O–H groups in total. The van der Waals surface area contributed by atoms with Crippen molar-refractivity contribution in [2.45, 2.75) is 64.3 Å². The van der Waals surface area contributed by atoms with Crippen LogP contribution in [0.3, 0.4) is 0 Å². The van der Waals surface area contributed by atoms with Crippen LogP contribution in [-0.2, 0) is 20.8 Å². The highest BCUT2D eigenvalue weighted by atomic mass is 16.7. The molecule has 0 saturated carbocycles. The van der Waals surface area contributed by atoms with Crippen molar-refractivity contribution in [1.29, 1.82) is 0 Å². The van der Waals surface area contributed by atoms with Gasteiger partial charge in [0.2, 0.25) is 18.6 Å². The maximum absolute atomic E-state index is 13.6. The molecule has 220 valence electrons. The van der Waals surface area contributed by atoms with Gasteiger partial charge >= 0.3 is 5.97 Å². The maximum Gasteiger partial charge on any atom is 0.308 e. The molecule has 3 aliphatic rings. The topological polar surface area (TPSA) is 99.6 Å². The van der Waals surface area contributed by atoms with E-state index in [1.54, 1.807) is 4.90 Å². The molecular weight excluding hydrogens is 522 g/mol. The smallest absolute Gasteiger partial charge is 0.308 e. The summed E-state index contributed by atoms with van der Waals surface area (Å²) in [6.45, 7) is 6.79. The Balaban J connectivity index is 1.41. The van der Waals surface area contributed by atoms with Crippen LogP contribution >= 0.6 is 0 Å². The number of carbonyl (C=O) groups is 3. The van der Waals surface area contributed by atoms with Crippen LogP contribution in [0.4, 0.5) is 5.69 Å². The molecular formula is C32H41N3O6. The number of carboxylic acid groups (broad SMARTS) is 1. The van der Waals surface area contributed by atoms with Gasteiger partial charge in [-0.2, -0.15) is 0 Å². The first-order chi connectivity index (χ1) is 19.9. The van der Waals surface area contributed by atoms with Crippen LogP contribution in [0.5, 0.6) is 11.5 Å². The lowest BCUT2D eigenvalue weighted by Crippen LogP contribution is -2.46. The number of fused-ring (bicyclic) bond motifs is 2. The highest BCUT2D eigenvalue weighted by Gasteiger charge is 2.47. The van der Waals surface area contributed by atoms with Crippen LogP contribution in [0.15, 0.2) is 42.5 Å². The number of hydrogen-bond donors (Lipinski definition) is 1. The molecule has 0 radical (unpaired) electrons. The van der Waals surface area contributed by atoms with Crippen LogP contribution < -0.4 is 14.4 Å². The molecule has 1 saturated heterocycles. The van der Waals surface area contributed by atoms with Crippen molar-refractivity contribution in [1.82, 2.24) is 9.80 Å². The Morgan fingerprint density at radius 2 is 1.76 bits per heavy atom. The second-order valence-electron chi connectivity index (χ2n) is 11.3. The molecule has 0 bridgehead atoms. The number of unbranched alkanes of at least 4 members (excludes halogenated alkanes) is 2. The lowest BCUT2D eigenvalue weighted by molar-refractivity contribution is -0.143. The molecule has 41 heavy (non-hydrogen) atoms. The van der Waals surface area contributed by atoms with Crippen LogP contribution in [0.25, 0.3) is 0 Å². The first-order valence-electron chi connectivity index (χ1n) is 14.9. The Kier molecular flexibility index (Phi) is 9.12. The van der Waals surface area contributed by atoms with Crippen LogP contribution in [-0.4, -0.2) is 78.2 Å². The van der Waals surface area contributed by atoms with Crippen molar-refractivity contribution in [2.24, 2.45) is 5.92 Å². The zero-order valence-corrected chi connectivity index (χ0v) is 24.1. The molecule has 5 rings (SSSR count). The van der Waals surface area contributed by atoms with E-state index in [4.69, 9.17) is 9.47 Å². The van der Waals surface area contributed by atoms with Crippen molar-refractivity contribution in [3.05, 3.63) is 53.6 Å². The van der Waals surface area contributed by atoms with Crippen molar-refractivity contribution >= 4 is 23.5 Å². The third kappa shape index (κ3) is 6.20. The van der Waals surface area contributed by atoms with E-state index in [0.29, 0.717) is 50.5 Å². The first kappa shape index (κ1) is 28.9. The number of rotatable bonds is 13. The van der Waals surface area contributed by atoms with Crippen LogP contribution in [0, 0.1) is 5.92 Å². The van der Waals surface area contributed by atoms with Gasteiger partial charge in [0.25, 0.3) is 0 Å². The van der Waals surface area contributed by atoms with Gasteiger partial charge in [-0.1, -0.05) is 51.0 Å². The highest BCUT2D eigenvalue weighted by Crippen LogP contribution is 2.43. The van der Waals surface area contributed by atoms with Gasteiger partial charge in [-0.3, -0.25) is 19.3 Å². The first-order valence-corrected chi connectivity index (χ1v) is 14.9. The molecule has 0 aliphatic carbocycles. The van der Waals surface area contributed by atoms with Gasteiger partial charge in [-0.25, -0.2) is 0 Å². The molecule has 2 aromatic carbocycles. The standard InChI is InChI=1S/C32H41N3O6/c1-3-5-14-33(15-6-4-2)30(37)20-34-19-24(22-11-12-27-28(17-22)41-21-40-27)31(32(38)39)26(34)13-16-35-25-10-8-7-9-23(25)18-29(35)36/h7-12,17,24,26,31H,3-6,13-16,18-21H2,1-2H3,(H,38,39)/t24-,26+,31?/m1/s1. The van der Waals surface area contributed by atoms with E-state index in [-0.39, 0.29) is 31.1 Å². The molecule has 1 fully saturated rings. The summed E-state index contributed by atoms with van der Waals surface area (Å²) in [7, 11) is 0. The predicted molar refractivity (Wildman–Crippen MR) is 155 cm³/mol. The Morgan fingerprint density at radius 3 is 2.49 bits per heavy atom. The number of aliphatic carboxylic acids is 1. The summed E-state index contributed by atoms with van der Waals surface area (Å²) in [4.78, 5) is 45.2. The number of ether oxygens (including phenoxy) is 2. The quantitative estimate of drug-likeness (QED) is 0.388. The monoisotopic (exact) mass is 563 g/mol. The summed E-state index contributed by atoms with van der Waals surface area (Å²) in [5.74, 6) is -0.643. The van der Waals surface area contributed by atoms with E-state index < -0.39 is 17.9 Å². The Labute approximate surface area is 242 Å². The number of amides is 2. The summed E-state index contributed by atoms with van der Waals surface area (Å²) in [5, 5.41) is 10.5. The number of likely N-dealkylation sites (tertiary alicyclic amines) is 1. The molecule has 3 atom stereocenters. The Bertz CT molecular complexity index is 1260. The van der Waals surface area contributed by atoms with E-state index in [2.05, 4.69) is 13.8 Å². The number of carbonyl (C=O) groups excluding carboxylic acids is 2. The van der Waals surface area contributed by atoms with Gasteiger partial charge in [0, 0.05) is 43.8 Å². The fourth-order valence-electron chi connectivity index (χ4n) is 6.49.